The number of methoxy groups -OCH3 is 1. The van der Waals surface area contributed by atoms with Crippen LogP contribution in [-0.4, -0.2) is 28.8 Å². The first-order valence-corrected chi connectivity index (χ1v) is 10.1. The number of aryl methyl sites for hydroxylation is 3. The molecule has 0 aliphatic rings. The van der Waals surface area contributed by atoms with Crippen molar-refractivity contribution < 1.29 is 19.1 Å². The molecule has 0 aliphatic carbocycles. The summed E-state index contributed by atoms with van der Waals surface area (Å²) in [4.78, 5) is 25.5. The molecule has 0 saturated heterocycles. The molecular weight excluding hydrogens is 418 g/mol. The standard InChI is InChI=1S/C23H24ClN3O4/c1-15-13-16(2)27(26-15)12-11-21(28)31-22(17-7-5-4-6-8-17)23(29)25-18-9-10-20(30-3)19(24)14-18/h4-10,13-14,22H,11-12H2,1-3H3,(H,25,29). The summed E-state index contributed by atoms with van der Waals surface area (Å²) in [5.74, 6) is -0.480. The largest absolute Gasteiger partial charge is 0.495 e. The minimum Gasteiger partial charge on any atom is -0.495 e. The third kappa shape index (κ3) is 5.86. The van der Waals surface area contributed by atoms with Crippen LogP contribution in [0.2, 0.25) is 5.02 Å². The van der Waals surface area contributed by atoms with Gasteiger partial charge in [0.25, 0.3) is 5.91 Å². The summed E-state index contributed by atoms with van der Waals surface area (Å²) in [5.41, 5.74) is 2.87. The number of halogens is 1. The van der Waals surface area contributed by atoms with Crippen molar-refractivity contribution in [3.05, 3.63) is 76.6 Å². The van der Waals surface area contributed by atoms with Crippen LogP contribution in [-0.2, 0) is 20.9 Å². The van der Waals surface area contributed by atoms with Gasteiger partial charge in [-0.25, -0.2) is 0 Å². The third-order valence-corrected chi connectivity index (χ3v) is 4.94. The fourth-order valence-corrected chi connectivity index (χ4v) is 3.40. The molecule has 0 fully saturated rings. The number of anilines is 1. The Hall–Kier alpha value is -3.32. The van der Waals surface area contributed by atoms with Gasteiger partial charge in [0.05, 0.1) is 30.8 Å². The maximum absolute atomic E-state index is 13.0. The minimum absolute atomic E-state index is 0.0902. The van der Waals surface area contributed by atoms with Crippen LogP contribution in [0.15, 0.2) is 54.6 Å². The first-order chi connectivity index (χ1) is 14.9. The van der Waals surface area contributed by atoms with Crippen molar-refractivity contribution in [1.29, 1.82) is 0 Å². The lowest BCUT2D eigenvalue weighted by Crippen LogP contribution is -2.26. The molecule has 1 heterocycles. The Labute approximate surface area is 185 Å². The smallest absolute Gasteiger partial charge is 0.308 e. The lowest BCUT2D eigenvalue weighted by atomic mass is 10.1. The number of amides is 1. The van der Waals surface area contributed by atoms with E-state index in [0.29, 0.717) is 28.6 Å². The van der Waals surface area contributed by atoms with Crippen LogP contribution >= 0.6 is 11.6 Å². The monoisotopic (exact) mass is 441 g/mol. The van der Waals surface area contributed by atoms with Gasteiger partial charge in [0.15, 0.2) is 0 Å². The molecule has 3 rings (SSSR count). The van der Waals surface area contributed by atoms with Crippen molar-refractivity contribution in [3.8, 4) is 5.75 Å². The van der Waals surface area contributed by atoms with Crippen LogP contribution in [0.25, 0.3) is 0 Å². The van der Waals surface area contributed by atoms with Crippen LogP contribution in [0.4, 0.5) is 5.69 Å². The Morgan fingerprint density at radius 1 is 1.13 bits per heavy atom. The molecule has 1 atom stereocenters. The molecule has 0 spiro atoms. The van der Waals surface area contributed by atoms with Crippen LogP contribution < -0.4 is 10.1 Å². The molecule has 1 N–H and O–H groups in total. The van der Waals surface area contributed by atoms with Gasteiger partial charge in [0, 0.05) is 16.9 Å². The molecule has 0 bridgehead atoms. The van der Waals surface area contributed by atoms with E-state index < -0.39 is 18.0 Å². The predicted molar refractivity (Wildman–Crippen MR) is 118 cm³/mol. The van der Waals surface area contributed by atoms with E-state index in [1.165, 1.54) is 7.11 Å². The average Bonchev–Trinajstić information content (AvgIpc) is 3.08. The fourth-order valence-electron chi connectivity index (χ4n) is 3.14. The molecule has 0 radical (unpaired) electrons. The van der Waals surface area contributed by atoms with E-state index in [0.717, 1.165) is 11.4 Å². The predicted octanol–water partition coefficient (Wildman–Crippen LogP) is 4.48. The summed E-state index contributed by atoms with van der Waals surface area (Å²) in [7, 11) is 1.51. The Morgan fingerprint density at radius 2 is 1.87 bits per heavy atom. The van der Waals surface area contributed by atoms with Gasteiger partial charge in [-0.2, -0.15) is 5.10 Å². The van der Waals surface area contributed by atoms with E-state index in [-0.39, 0.29) is 6.42 Å². The number of esters is 1. The number of ether oxygens (including phenoxy) is 2. The highest BCUT2D eigenvalue weighted by Crippen LogP contribution is 2.28. The second-order valence-corrected chi connectivity index (χ2v) is 7.43. The molecule has 0 aliphatic heterocycles. The van der Waals surface area contributed by atoms with Gasteiger partial charge in [-0.15, -0.1) is 0 Å². The molecule has 8 heteroatoms. The first-order valence-electron chi connectivity index (χ1n) is 9.77. The molecule has 0 saturated carbocycles. The molecule has 1 amide bonds. The highest BCUT2D eigenvalue weighted by Gasteiger charge is 2.25. The van der Waals surface area contributed by atoms with E-state index in [1.54, 1.807) is 47.1 Å². The Bertz CT molecular complexity index is 1070. The molecule has 2 aromatic carbocycles. The highest BCUT2D eigenvalue weighted by atomic mass is 35.5. The van der Waals surface area contributed by atoms with Gasteiger partial charge in [0.1, 0.15) is 5.75 Å². The summed E-state index contributed by atoms with van der Waals surface area (Å²) < 4.78 is 12.4. The maximum atomic E-state index is 13.0. The van der Waals surface area contributed by atoms with Gasteiger partial charge < -0.3 is 14.8 Å². The van der Waals surface area contributed by atoms with Crippen molar-refractivity contribution in [2.75, 3.05) is 12.4 Å². The van der Waals surface area contributed by atoms with Gasteiger partial charge >= 0.3 is 5.97 Å². The molecule has 3 aromatic rings. The van der Waals surface area contributed by atoms with Gasteiger partial charge in [-0.3, -0.25) is 14.3 Å². The lowest BCUT2D eigenvalue weighted by molar-refractivity contribution is -0.155. The Balaban J connectivity index is 1.72. The van der Waals surface area contributed by atoms with Gasteiger partial charge in [-0.1, -0.05) is 41.9 Å². The molecular formula is C23H24ClN3O4. The van der Waals surface area contributed by atoms with Crippen molar-refractivity contribution in [2.24, 2.45) is 0 Å². The van der Waals surface area contributed by atoms with E-state index in [1.807, 2.05) is 26.0 Å². The van der Waals surface area contributed by atoms with Crippen molar-refractivity contribution in [3.63, 3.8) is 0 Å². The Morgan fingerprint density at radius 3 is 2.48 bits per heavy atom. The number of nitrogens with one attached hydrogen (secondary N) is 1. The lowest BCUT2D eigenvalue weighted by Gasteiger charge is -2.18. The number of carbonyl (C=O) groups is 2. The van der Waals surface area contributed by atoms with E-state index >= 15 is 0 Å². The summed E-state index contributed by atoms with van der Waals surface area (Å²) in [6.45, 7) is 4.18. The van der Waals surface area contributed by atoms with Crippen LogP contribution in [0.3, 0.4) is 0 Å². The number of nitrogens with zero attached hydrogens (tertiary/aromatic N) is 2. The second-order valence-electron chi connectivity index (χ2n) is 7.02. The second kappa shape index (κ2) is 10.1. The highest BCUT2D eigenvalue weighted by molar-refractivity contribution is 6.32. The topological polar surface area (TPSA) is 82.5 Å². The number of aromatic nitrogens is 2. The van der Waals surface area contributed by atoms with E-state index in [2.05, 4.69) is 10.4 Å². The third-order valence-electron chi connectivity index (χ3n) is 4.64. The number of benzene rings is 2. The van der Waals surface area contributed by atoms with E-state index in [9.17, 15) is 9.59 Å². The van der Waals surface area contributed by atoms with Crippen LogP contribution in [0.5, 0.6) is 5.75 Å². The maximum Gasteiger partial charge on any atom is 0.308 e. The minimum atomic E-state index is -1.10. The summed E-state index contributed by atoms with van der Waals surface area (Å²) in [6.07, 6.45) is -1.01. The van der Waals surface area contributed by atoms with Crippen LogP contribution in [0.1, 0.15) is 29.5 Å². The zero-order chi connectivity index (χ0) is 22.4. The molecule has 1 unspecified atom stereocenters. The van der Waals surface area contributed by atoms with Gasteiger partial charge in [0.2, 0.25) is 6.10 Å². The van der Waals surface area contributed by atoms with Crippen LogP contribution in [0, 0.1) is 13.8 Å². The zero-order valence-corrected chi connectivity index (χ0v) is 18.3. The normalized spacial score (nSPS) is 11.6. The quantitative estimate of drug-likeness (QED) is 0.521. The molecule has 162 valence electrons. The van der Waals surface area contributed by atoms with E-state index in [4.69, 9.17) is 21.1 Å². The summed E-state index contributed by atoms with van der Waals surface area (Å²) in [6, 6.07) is 15.7. The first kappa shape index (κ1) is 22.4. The average molecular weight is 442 g/mol. The Kier molecular flexibility index (Phi) is 7.31. The van der Waals surface area contributed by atoms with Crippen molar-refractivity contribution >= 4 is 29.2 Å². The number of hydrogen-bond acceptors (Lipinski definition) is 5. The fraction of sp³-hybridized carbons (Fsp3) is 0.261. The van der Waals surface area contributed by atoms with Crippen molar-refractivity contribution in [1.82, 2.24) is 9.78 Å². The molecule has 7 nitrogen and oxygen atoms in total. The number of hydrogen-bond donors (Lipinski definition) is 1. The summed E-state index contributed by atoms with van der Waals surface area (Å²) >= 11 is 6.14. The number of carbonyl (C=O) groups excluding carboxylic acids is 2. The number of rotatable bonds is 8. The summed E-state index contributed by atoms with van der Waals surface area (Å²) in [5, 5.41) is 7.45. The SMILES string of the molecule is COc1ccc(NC(=O)C(OC(=O)CCn2nc(C)cc2C)c2ccccc2)cc1Cl. The molecule has 1 aromatic heterocycles. The zero-order valence-electron chi connectivity index (χ0n) is 17.6. The molecule has 31 heavy (non-hydrogen) atoms. The van der Waals surface area contributed by atoms with Crippen molar-refractivity contribution in [2.45, 2.75) is 32.9 Å². The van der Waals surface area contributed by atoms with Gasteiger partial charge in [-0.05, 0) is 38.1 Å².